The van der Waals surface area contributed by atoms with Crippen molar-refractivity contribution in [1.29, 1.82) is 0 Å². The van der Waals surface area contributed by atoms with Gasteiger partial charge in [0.25, 0.3) is 11.8 Å². The number of halogens is 1. The number of rotatable bonds is 4. The number of benzene rings is 2. The topological polar surface area (TPSA) is 58.6 Å². The highest BCUT2D eigenvalue weighted by Gasteiger charge is 2.45. The first-order chi connectivity index (χ1) is 15.8. The predicted molar refractivity (Wildman–Crippen MR) is 134 cm³/mol. The monoisotopic (exact) mass is 512 g/mol. The van der Waals surface area contributed by atoms with E-state index >= 15 is 0 Å². The van der Waals surface area contributed by atoms with Gasteiger partial charge in [-0.2, -0.15) is 0 Å². The van der Waals surface area contributed by atoms with Crippen LogP contribution in [0.4, 0.5) is 5.69 Å². The van der Waals surface area contributed by atoms with Crippen LogP contribution in [0.3, 0.4) is 0 Å². The van der Waals surface area contributed by atoms with Crippen molar-refractivity contribution >= 4 is 33.4 Å². The van der Waals surface area contributed by atoms with E-state index in [1.165, 1.54) is 6.42 Å². The van der Waals surface area contributed by atoms with E-state index in [0.29, 0.717) is 5.75 Å². The first kappa shape index (κ1) is 23.8. The second-order valence-corrected chi connectivity index (χ2v) is 10.6. The van der Waals surface area contributed by atoms with Crippen molar-refractivity contribution in [3.05, 3.63) is 57.6 Å². The zero-order valence-corrected chi connectivity index (χ0v) is 21.4. The van der Waals surface area contributed by atoms with Gasteiger partial charge in [0, 0.05) is 21.8 Å². The van der Waals surface area contributed by atoms with Crippen LogP contribution in [0.2, 0.25) is 0 Å². The number of anilines is 1. The van der Waals surface area contributed by atoms with Crippen LogP contribution in [0.5, 0.6) is 5.75 Å². The average Bonchev–Trinajstić information content (AvgIpc) is 2.91. The molecule has 0 spiro atoms. The van der Waals surface area contributed by atoms with E-state index in [2.05, 4.69) is 21.2 Å². The second-order valence-electron chi connectivity index (χ2n) is 9.66. The van der Waals surface area contributed by atoms with E-state index in [1.807, 2.05) is 69.0 Å². The number of carbonyl (C=O) groups excluding carboxylic acids is 2. The SMILES string of the molecule is Cc1cccc(C)c1NC(=O)C1c2cc(Br)ccc2OC(C(C)C)C(=O)N1C1CCCCC1. The van der Waals surface area contributed by atoms with Gasteiger partial charge < -0.3 is 15.0 Å². The van der Waals surface area contributed by atoms with E-state index in [1.54, 1.807) is 0 Å². The minimum absolute atomic E-state index is 0.0134. The summed E-state index contributed by atoms with van der Waals surface area (Å²) < 4.78 is 7.15. The minimum Gasteiger partial charge on any atom is -0.480 e. The summed E-state index contributed by atoms with van der Waals surface area (Å²) >= 11 is 3.57. The van der Waals surface area contributed by atoms with Crippen molar-refractivity contribution in [2.24, 2.45) is 5.92 Å². The molecule has 6 heteroatoms. The predicted octanol–water partition coefficient (Wildman–Crippen LogP) is 6.32. The summed E-state index contributed by atoms with van der Waals surface area (Å²) in [5, 5.41) is 3.17. The Hall–Kier alpha value is -2.34. The fourth-order valence-corrected chi connectivity index (χ4v) is 5.47. The smallest absolute Gasteiger partial charge is 0.265 e. The van der Waals surface area contributed by atoms with E-state index < -0.39 is 12.1 Å². The van der Waals surface area contributed by atoms with Gasteiger partial charge >= 0.3 is 0 Å². The van der Waals surface area contributed by atoms with Crippen LogP contribution in [-0.4, -0.2) is 28.9 Å². The number of fused-ring (bicyclic) bond motifs is 1. The zero-order valence-electron chi connectivity index (χ0n) is 19.9. The Bertz CT molecular complexity index is 1030. The maximum Gasteiger partial charge on any atom is 0.265 e. The fraction of sp³-hybridized carbons (Fsp3) is 0.481. The summed E-state index contributed by atoms with van der Waals surface area (Å²) in [5.74, 6) is 0.301. The summed E-state index contributed by atoms with van der Waals surface area (Å²) in [6, 6.07) is 10.9. The van der Waals surface area contributed by atoms with Crippen molar-refractivity contribution in [2.45, 2.75) is 78.0 Å². The highest BCUT2D eigenvalue weighted by atomic mass is 79.9. The van der Waals surface area contributed by atoms with E-state index in [0.717, 1.165) is 52.5 Å². The fourth-order valence-electron chi connectivity index (χ4n) is 5.09. The summed E-state index contributed by atoms with van der Waals surface area (Å²) in [4.78, 5) is 29.8. The Morgan fingerprint density at radius 3 is 2.39 bits per heavy atom. The number of ether oxygens (including phenoxy) is 1. The van der Waals surface area contributed by atoms with Gasteiger partial charge in [0.05, 0.1) is 0 Å². The highest BCUT2D eigenvalue weighted by molar-refractivity contribution is 9.10. The Morgan fingerprint density at radius 2 is 1.76 bits per heavy atom. The molecule has 1 fully saturated rings. The molecule has 1 aliphatic heterocycles. The molecule has 1 heterocycles. The van der Waals surface area contributed by atoms with E-state index in [4.69, 9.17) is 4.74 Å². The summed E-state index contributed by atoms with van der Waals surface area (Å²) in [6.45, 7) is 7.97. The second kappa shape index (κ2) is 9.88. The molecule has 4 rings (SSSR count). The first-order valence-electron chi connectivity index (χ1n) is 11.9. The molecule has 1 N–H and O–H groups in total. The normalized spacial score (nSPS) is 21.4. The summed E-state index contributed by atoms with van der Waals surface area (Å²) in [5.41, 5.74) is 3.53. The van der Waals surface area contributed by atoms with Gasteiger partial charge in [-0.25, -0.2) is 0 Å². The van der Waals surface area contributed by atoms with Crippen molar-refractivity contribution in [3.8, 4) is 5.75 Å². The number of carbonyl (C=O) groups is 2. The molecule has 0 bridgehead atoms. The Balaban J connectivity index is 1.84. The minimum atomic E-state index is -0.754. The molecule has 0 saturated heterocycles. The molecular formula is C27H33BrN2O3. The molecule has 0 radical (unpaired) electrons. The molecule has 0 aromatic heterocycles. The summed E-state index contributed by atoms with van der Waals surface area (Å²) in [6.07, 6.45) is 4.51. The third-order valence-electron chi connectivity index (χ3n) is 6.85. The zero-order chi connectivity index (χ0) is 23.7. The number of nitrogens with one attached hydrogen (secondary N) is 1. The molecule has 2 aliphatic rings. The third kappa shape index (κ3) is 4.81. The number of amides is 2. The van der Waals surface area contributed by atoms with Gasteiger partial charge in [-0.1, -0.05) is 67.2 Å². The molecule has 2 aromatic carbocycles. The number of nitrogens with zero attached hydrogens (tertiary/aromatic N) is 1. The van der Waals surface area contributed by atoms with Gasteiger partial charge in [0.1, 0.15) is 11.8 Å². The lowest BCUT2D eigenvalue weighted by atomic mass is 9.90. The Labute approximate surface area is 205 Å². The molecule has 5 nitrogen and oxygen atoms in total. The van der Waals surface area contributed by atoms with Gasteiger partial charge in [0.15, 0.2) is 6.10 Å². The lowest BCUT2D eigenvalue weighted by Crippen LogP contribution is -2.52. The van der Waals surface area contributed by atoms with Crippen LogP contribution in [0.15, 0.2) is 40.9 Å². The lowest BCUT2D eigenvalue weighted by molar-refractivity contribution is -0.149. The van der Waals surface area contributed by atoms with E-state index in [9.17, 15) is 9.59 Å². The molecule has 2 aromatic rings. The third-order valence-corrected chi connectivity index (χ3v) is 7.34. The van der Waals surface area contributed by atoms with Crippen molar-refractivity contribution in [1.82, 2.24) is 4.90 Å². The van der Waals surface area contributed by atoms with Crippen molar-refractivity contribution < 1.29 is 14.3 Å². The van der Waals surface area contributed by atoms with E-state index in [-0.39, 0.29) is 23.8 Å². The first-order valence-corrected chi connectivity index (χ1v) is 12.7. The van der Waals surface area contributed by atoms with Crippen LogP contribution in [0, 0.1) is 19.8 Å². The Morgan fingerprint density at radius 1 is 1.09 bits per heavy atom. The van der Waals surface area contributed by atoms with Gasteiger partial charge in [-0.15, -0.1) is 0 Å². The molecular weight excluding hydrogens is 480 g/mol. The van der Waals surface area contributed by atoms with Crippen LogP contribution >= 0.6 is 15.9 Å². The molecule has 2 amide bonds. The molecule has 1 aliphatic carbocycles. The van der Waals surface area contributed by atoms with Crippen molar-refractivity contribution in [3.63, 3.8) is 0 Å². The Kier molecular flexibility index (Phi) is 7.13. The number of hydrogen-bond acceptors (Lipinski definition) is 3. The molecule has 1 saturated carbocycles. The van der Waals surface area contributed by atoms with Crippen molar-refractivity contribution in [2.75, 3.05) is 5.32 Å². The summed E-state index contributed by atoms with van der Waals surface area (Å²) in [7, 11) is 0. The standard InChI is InChI=1S/C27H33BrN2O3/c1-16(2)25-27(32)30(20-11-6-5-7-12-20)24(21-15-19(28)13-14-22(21)33-25)26(31)29-23-17(3)9-8-10-18(23)4/h8-10,13-16,20,24-25H,5-7,11-12H2,1-4H3,(H,29,31). The number of para-hydroxylation sites is 1. The quantitative estimate of drug-likeness (QED) is 0.520. The highest BCUT2D eigenvalue weighted by Crippen LogP contribution is 2.41. The van der Waals surface area contributed by atoms with Crippen LogP contribution in [0.25, 0.3) is 0 Å². The largest absolute Gasteiger partial charge is 0.480 e. The van der Waals surface area contributed by atoms with Gasteiger partial charge in [-0.3, -0.25) is 9.59 Å². The number of aryl methyl sites for hydroxylation is 2. The molecule has 33 heavy (non-hydrogen) atoms. The average molecular weight is 513 g/mol. The number of hydrogen-bond donors (Lipinski definition) is 1. The van der Waals surface area contributed by atoms with Crippen LogP contribution in [-0.2, 0) is 9.59 Å². The molecule has 176 valence electrons. The maximum absolute atomic E-state index is 14.0. The molecule has 2 atom stereocenters. The van der Waals surface area contributed by atoms with Crippen LogP contribution in [0.1, 0.15) is 68.7 Å². The van der Waals surface area contributed by atoms with Gasteiger partial charge in [-0.05, 0) is 61.9 Å². The molecule has 2 unspecified atom stereocenters. The van der Waals surface area contributed by atoms with Crippen LogP contribution < -0.4 is 10.1 Å². The van der Waals surface area contributed by atoms with Gasteiger partial charge in [0.2, 0.25) is 0 Å². The maximum atomic E-state index is 14.0. The lowest BCUT2D eigenvalue weighted by Gasteiger charge is -2.39.